The Bertz CT molecular complexity index is 506. The minimum atomic E-state index is -0.530. The molecular formula is C23H38N2O6. The standard InChI is InChI=1S/C23H38N2O6/c1-3-28-13-18-5-9-20(10-6-18)15-30-22(26)24-17-25-23(27)31-16-21-11-7-19(8-12-21)14-29-4-2/h3-4,18-21H,1-2,5-17H2,(H,24,26)(H,25,27). The Morgan fingerprint density at radius 2 is 0.968 bits per heavy atom. The van der Waals surface area contributed by atoms with E-state index in [1.807, 2.05) is 0 Å². The molecule has 0 unspecified atom stereocenters. The van der Waals surface area contributed by atoms with Gasteiger partial charge in [-0.15, -0.1) is 0 Å². The van der Waals surface area contributed by atoms with Gasteiger partial charge in [-0.25, -0.2) is 9.59 Å². The van der Waals surface area contributed by atoms with Gasteiger partial charge in [0.15, 0.2) is 0 Å². The van der Waals surface area contributed by atoms with E-state index in [1.165, 1.54) is 12.5 Å². The van der Waals surface area contributed by atoms with Gasteiger partial charge >= 0.3 is 12.2 Å². The zero-order valence-electron chi connectivity index (χ0n) is 18.5. The van der Waals surface area contributed by atoms with Crippen LogP contribution in [0.5, 0.6) is 0 Å². The lowest BCUT2D eigenvalue weighted by Crippen LogP contribution is -2.39. The second kappa shape index (κ2) is 14.6. The topological polar surface area (TPSA) is 95.1 Å². The maximum Gasteiger partial charge on any atom is 0.408 e. The number of rotatable bonds is 12. The summed E-state index contributed by atoms with van der Waals surface area (Å²) < 4.78 is 21.0. The Labute approximate surface area is 185 Å². The van der Waals surface area contributed by atoms with Crippen LogP contribution in [0.25, 0.3) is 0 Å². The largest absolute Gasteiger partial charge is 0.502 e. The molecule has 0 aromatic rings. The van der Waals surface area contributed by atoms with E-state index >= 15 is 0 Å². The van der Waals surface area contributed by atoms with Crippen LogP contribution in [-0.4, -0.2) is 45.3 Å². The van der Waals surface area contributed by atoms with Gasteiger partial charge in [0.05, 0.1) is 45.6 Å². The van der Waals surface area contributed by atoms with Crippen molar-refractivity contribution < 1.29 is 28.5 Å². The third-order valence-corrected chi connectivity index (χ3v) is 6.20. The van der Waals surface area contributed by atoms with Crippen molar-refractivity contribution in [3.63, 3.8) is 0 Å². The Balaban J connectivity index is 1.46. The van der Waals surface area contributed by atoms with Crippen LogP contribution in [0.3, 0.4) is 0 Å². The average Bonchev–Trinajstić information content (AvgIpc) is 2.80. The zero-order valence-corrected chi connectivity index (χ0v) is 18.5. The third kappa shape index (κ3) is 10.5. The van der Waals surface area contributed by atoms with Crippen LogP contribution < -0.4 is 10.6 Å². The molecule has 0 radical (unpaired) electrons. The monoisotopic (exact) mass is 438 g/mol. The summed E-state index contributed by atoms with van der Waals surface area (Å²) in [6.45, 7) is 9.32. The number of alkyl carbamates (subject to hydrolysis) is 2. The van der Waals surface area contributed by atoms with E-state index in [0.717, 1.165) is 51.4 Å². The molecule has 8 nitrogen and oxygen atoms in total. The summed E-state index contributed by atoms with van der Waals surface area (Å²) in [7, 11) is 0. The van der Waals surface area contributed by atoms with Gasteiger partial charge in [-0.3, -0.25) is 0 Å². The molecule has 2 aliphatic rings. The fourth-order valence-corrected chi connectivity index (χ4v) is 4.22. The van der Waals surface area contributed by atoms with Gasteiger partial charge in [-0.1, -0.05) is 13.2 Å². The van der Waals surface area contributed by atoms with Crippen molar-refractivity contribution >= 4 is 12.2 Å². The molecule has 176 valence electrons. The number of hydrogen-bond donors (Lipinski definition) is 2. The summed E-state index contributed by atoms with van der Waals surface area (Å²) in [6.07, 6.45) is 10.3. The molecule has 2 saturated carbocycles. The Morgan fingerprint density at radius 1 is 0.645 bits per heavy atom. The quantitative estimate of drug-likeness (QED) is 0.348. The fourth-order valence-electron chi connectivity index (χ4n) is 4.22. The summed E-state index contributed by atoms with van der Waals surface area (Å²) in [5, 5.41) is 5.05. The molecule has 2 aliphatic carbocycles. The maximum atomic E-state index is 11.8. The molecule has 31 heavy (non-hydrogen) atoms. The fraction of sp³-hybridized carbons (Fsp3) is 0.739. The highest BCUT2D eigenvalue weighted by Crippen LogP contribution is 2.30. The number of carbonyl (C=O) groups excluding carboxylic acids is 2. The van der Waals surface area contributed by atoms with Crippen molar-refractivity contribution in [2.75, 3.05) is 33.1 Å². The van der Waals surface area contributed by atoms with E-state index in [2.05, 4.69) is 23.8 Å². The van der Waals surface area contributed by atoms with E-state index in [1.54, 1.807) is 0 Å². The third-order valence-electron chi connectivity index (χ3n) is 6.20. The van der Waals surface area contributed by atoms with Crippen LogP contribution in [0.4, 0.5) is 9.59 Å². The van der Waals surface area contributed by atoms with Crippen LogP contribution in [0.15, 0.2) is 25.7 Å². The van der Waals surface area contributed by atoms with E-state index < -0.39 is 12.2 Å². The molecule has 2 N–H and O–H groups in total. The van der Waals surface area contributed by atoms with Crippen molar-refractivity contribution in [3.8, 4) is 0 Å². The van der Waals surface area contributed by atoms with Crippen molar-refractivity contribution in [1.29, 1.82) is 0 Å². The first-order chi connectivity index (χ1) is 15.1. The van der Waals surface area contributed by atoms with Crippen LogP contribution in [-0.2, 0) is 18.9 Å². The molecule has 8 heteroatoms. The molecule has 0 saturated heterocycles. The predicted molar refractivity (Wildman–Crippen MR) is 117 cm³/mol. The van der Waals surface area contributed by atoms with Gasteiger partial charge < -0.3 is 29.6 Å². The number of nitrogens with one attached hydrogen (secondary N) is 2. The molecule has 2 fully saturated rings. The van der Waals surface area contributed by atoms with Crippen molar-refractivity contribution in [2.45, 2.75) is 51.4 Å². The summed E-state index contributed by atoms with van der Waals surface area (Å²) in [5.41, 5.74) is 0. The molecule has 0 bridgehead atoms. The first-order valence-electron chi connectivity index (χ1n) is 11.4. The highest BCUT2D eigenvalue weighted by molar-refractivity contribution is 5.70. The molecule has 0 heterocycles. The second-order valence-electron chi connectivity index (χ2n) is 8.50. The van der Waals surface area contributed by atoms with Crippen LogP contribution >= 0.6 is 0 Å². The molecule has 0 aromatic carbocycles. The minimum Gasteiger partial charge on any atom is -0.502 e. The summed E-state index contributed by atoms with van der Waals surface area (Å²) in [6, 6.07) is 0. The average molecular weight is 439 g/mol. The van der Waals surface area contributed by atoms with Crippen LogP contribution in [0, 0.1) is 23.7 Å². The molecule has 0 aromatic heterocycles. The van der Waals surface area contributed by atoms with E-state index in [9.17, 15) is 9.59 Å². The lowest BCUT2D eigenvalue weighted by Gasteiger charge is -2.27. The van der Waals surface area contributed by atoms with Gasteiger partial charge in [0.25, 0.3) is 0 Å². The lowest BCUT2D eigenvalue weighted by molar-refractivity contribution is 0.0904. The number of amides is 2. The molecule has 2 rings (SSSR count). The van der Waals surface area contributed by atoms with E-state index in [4.69, 9.17) is 18.9 Å². The second-order valence-corrected chi connectivity index (χ2v) is 8.50. The van der Waals surface area contributed by atoms with Gasteiger partial charge in [0.2, 0.25) is 0 Å². The molecule has 0 atom stereocenters. The first-order valence-corrected chi connectivity index (χ1v) is 11.4. The summed E-state index contributed by atoms with van der Waals surface area (Å²) >= 11 is 0. The van der Waals surface area contributed by atoms with Crippen LogP contribution in [0.1, 0.15) is 51.4 Å². The smallest absolute Gasteiger partial charge is 0.408 e. The number of ether oxygens (including phenoxy) is 4. The van der Waals surface area contributed by atoms with Gasteiger partial charge in [-0.05, 0) is 75.0 Å². The predicted octanol–water partition coefficient (Wildman–Crippen LogP) is 4.33. The maximum absolute atomic E-state index is 11.8. The Kier molecular flexibility index (Phi) is 11.7. The highest BCUT2D eigenvalue weighted by atomic mass is 16.6. The summed E-state index contributed by atoms with van der Waals surface area (Å²) in [5.74, 6) is 1.86. The van der Waals surface area contributed by atoms with Gasteiger partial charge in [0.1, 0.15) is 0 Å². The molecular weight excluding hydrogens is 400 g/mol. The van der Waals surface area contributed by atoms with Crippen LogP contribution in [0.2, 0.25) is 0 Å². The lowest BCUT2D eigenvalue weighted by atomic mass is 9.83. The van der Waals surface area contributed by atoms with Crippen molar-refractivity contribution in [3.05, 3.63) is 25.7 Å². The molecule has 0 aliphatic heterocycles. The highest BCUT2D eigenvalue weighted by Gasteiger charge is 2.23. The van der Waals surface area contributed by atoms with Crippen molar-refractivity contribution in [1.82, 2.24) is 10.6 Å². The molecule has 0 spiro atoms. The molecule has 2 amide bonds. The van der Waals surface area contributed by atoms with E-state index in [-0.39, 0.29) is 6.67 Å². The SMILES string of the molecule is C=COCC1CCC(COC(=O)NCNC(=O)OCC2CCC(COC=C)CC2)CC1. The zero-order chi connectivity index (χ0) is 22.3. The minimum absolute atomic E-state index is 0.0189. The Morgan fingerprint density at radius 3 is 1.29 bits per heavy atom. The van der Waals surface area contributed by atoms with Gasteiger partial charge in [0, 0.05) is 0 Å². The summed E-state index contributed by atoms with van der Waals surface area (Å²) in [4.78, 5) is 23.6. The van der Waals surface area contributed by atoms with E-state index in [0.29, 0.717) is 50.1 Å². The number of carbonyl (C=O) groups is 2. The van der Waals surface area contributed by atoms with Crippen molar-refractivity contribution in [2.24, 2.45) is 23.7 Å². The Hall–Kier alpha value is -2.38. The van der Waals surface area contributed by atoms with Gasteiger partial charge in [-0.2, -0.15) is 0 Å². The first kappa shape index (κ1) is 24.9. The normalized spacial score (nSPS) is 25.5. The number of hydrogen-bond acceptors (Lipinski definition) is 6.